The minimum atomic E-state index is -0.407. The van der Waals surface area contributed by atoms with Crippen molar-refractivity contribution in [1.82, 2.24) is 14.9 Å². The topological polar surface area (TPSA) is 89.3 Å². The molecule has 1 saturated carbocycles. The Kier molecular flexibility index (Phi) is 4.76. The van der Waals surface area contributed by atoms with E-state index in [1.807, 2.05) is 60.7 Å². The molecule has 0 spiro atoms. The molecular weight excluding hydrogens is 430 g/mol. The molecule has 1 aliphatic carbocycles. The molecule has 0 unspecified atom stereocenters. The molecule has 7 heteroatoms. The highest BCUT2D eigenvalue weighted by atomic mass is 16.5. The van der Waals surface area contributed by atoms with Crippen LogP contribution < -0.4 is 15.8 Å². The summed E-state index contributed by atoms with van der Waals surface area (Å²) < 4.78 is 12.5. The smallest absolute Gasteiger partial charge is 0.420 e. The Morgan fingerprint density at radius 2 is 1.94 bits per heavy atom. The van der Waals surface area contributed by atoms with Crippen LogP contribution >= 0.6 is 0 Å². The summed E-state index contributed by atoms with van der Waals surface area (Å²) in [5, 5.41) is 3.92. The molecule has 1 fully saturated rings. The van der Waals surface area contributed by atoms with E-state index in [2.05, 4.69) is 10.3 Å². The molecule has 0 bridgehead atoms. The molecular formula is C27H23N3O4. The van der Waals surface area contributed by atoms with Crippen LogP contribution in [-0.4, -0.2) is 28.6 Å². The summed E-state index contributed by atoms with van der Waals surface area (Å²) >= 11 is 0. The van der Waals surface area contributed by atoms with E-state index in [1.54, 1.807) is 17.9 Å². The van der Waals surface area contributed by atoms with Crippen LogP contribution in [0.2, 0.25) is 0 Å². The number of carbonyl (C=O) groups excluding carboxylic acids is 1. The van der Waals surface area contributed by atoms with Gasteiger partial charge in [-0.15, -0.1) is 0 Å². The van der Waals surface area contributed by atoms with E-state index >= 15 is 0 Å². The highest BCUT2D eigenvalue weighted by Crippen LogP contribution is 2.29. The van der Waals surface area contributed by atoms with Crippen LogP contribution in [0.5, 0.6) is 5.75 Å². The Balaban J connectivity index is 1.35. The van der Waals surface area contributed by atoms with E-state index in [1.165, 1.54) is 0 Å². The number of nitrogens with one attached hydrogen (secondary N) is 2. The summed E-state index contributed by atoms with van der Waals surface area (Å²) in [7, 11) is 1.62. The highest BCUT2D eigenvalue weighted by Gasteiger charge is 2.25. The minimum absolute atomic E-state index is 0.0537. The Labute approximate surface area is 195 Å². The maximum absolute atomic E-state index is 12.6. The van der Waals surface area contributed by atoms with Crippen LogP contribution in [-0.2, 0) is 6.54 Å². The molecule has 2 aromatic heterocycles. The van der Waals surface area contributed by atoms with Gasteiger partial charge in [0.05, 0.1) is 24.7 Å². The van der Waals surface area contributed by atoms with Crippen molar-refractivity contribution in [3.8, 4) is 16.9 Å². The average Bonchev–Trinajstić information content (AvgIpc) is 3.48. The number of nitrogens with zero attached hydrogens (tertiary/aromatic N) is 1. The molecule has 0 radical (unpaired) electrons. The summed E-state index contributed by atoms with van der Waals surface area (Å²) in [6, 6.07) is 19.6. The third kappa shape index (κ3) is 3.65. The lowest BCUT2D eigenvalue weighted by Gasteiger charge is -2.07. The van der Waals surface area contributed by atoms with Crippen molar-refractivity contribution in [2.45, 2.75) is 25.4 Å². The van der Waals surface area contributed by atoms with Crippen molar-refractivity contribution >= 4 is 27.9 Å². The number of hydrogen-bond donors (Lipinski definition) is 2. The van der Waals surface area contributed by atoms with Crippen molar-refractivity contribution in [2.75, 3.05) is 7.11 Å². The normalized spacial score (nSPS) is 13.4. The Hall–Kier alpha value is -4.26. The second-order valence-corrected chi connectivity index (χ2v) is 8.70. The molecule has 0 saturated heterocycles. The van der Waals surface area contributed by atoms with Crippen molar-refractivity contribution in [3.05, 3.63) is 88.5 Å². The molecule has 170 valence electrons. The standard InChI is InChI=1S/C27H23N3O4/c1-33-20-4-2-3-16(11-20)15-30-24-10-6-18(13-25(24)34-27(30)32)17-5-9-23-21(12-17)22(14-28-23)26(31)29-19-7-8-19/h2-6,9-14,19,28H,7-8,15H2,1H3,(H,29,31). The fraction of sp³-hybridized carbons (Fsp3) is 0.185. The number of hydrogen-bond acceptors (Lipinski definition) is 4. The number of amides is 1. The zero-order valence-corrected chi connectivity index (χ0v) is 18.6. The van der Waals surface area contributed by atoms with Gasteiger partial charge in [-0.2, -0.15) is 0 Å². The number of ether oxygens (including phenoxy) is 1. The van der Waals surface area contributed by atoms with Gasteiger partial charge in [-0.3, -0.25) is 9.36 Å². The van der Waals surface area contributed by atoms with E-state index < -0.39 is 5.76 Å². The van der Waals surface area contributed by atoms with E-state index in [-0.39, 0.29) is 5.91 Å². The molecule has 0 atom stereocenters. The number of rotatable bonds is 6. The van der Waals surface area contributed by atoms with Crippen LogP contribution in [0, 0.1) is 0 Å². The third-order valence-corrected chi connectivity index (χ3v) is 6.32. The van der Waals surface area contributed by atoms with Crippen molar-refractivity contribution < 1.29 is 13.9 Å². The predicted molar refractivity (Wildman–Crippen MR) is 130 cm³/mol. The molecule has 1 aliphatic rings. The Morgan fingerprint density at radius 1 is 1.12 bits per heavy atom. The fourth-order valence-corrected chi connectivity index (χ4v) is 4.33. The maximum Gasteiger partial charge on any atom is 0.420 e. The number of benzene rings is 3. The molecule has 2 N–H and O–H groups in total. The number of methoxy groups -OCH3 is 1. The molecule has 2 heterocycles. The van der Waals surface area contributed by atoms with E-state index in [0.29, 0.717) is 23.7 Å². The van der Waals surface area contributed by atoms with Crippen molar-refractivity contribution in [3.63, 3.8) is 0 Å². The van der Waals surface area contributed by atoms with Gasteiger partial charge in [0.1, 0.15) is 5.75 Å². The number of oxazole rings is 1. The Bertz CT molecular complexity index is 1600. The lowest BCUT2D eigenvalue weighted by molar-refractivity contribution is 0.0953. The van der Waals surface area contributed by atoms with E-state index in [9.17, 15) is 9.59 Å². The van der Waals surface area contributed by atoms with Gasteiger partial charge in [0.25, 0.3) is 5.91 Å². The molecule has 5 aromatic rings. The maximum atomic E-state index is 12.6. The first-order valence-corrected chi connectivity index (χ1v) is 11.3. The van der Waals surface area contributed by atoms with Crippen LogP contribution in [0.15, 0.2) is 76.1 Å². The lowest BCUT2D eigenvalue weighted by atomic mass is 10.0. The fourth-order valence-electron chi connectivity index (χ4n) is 4.33. The minimum Gasteiger partial charge on any atom is -0.497 e. The van der Waals surface area contributed by atoms with Gasteiger partial charge in [0.15, 0.2) is 5.58 Å². The molecule has 7 nitrogen and oxygen atoms in total. The molecule has 1 amide bonds. The number of carbonyl (C=O) groups is 1. The molecule has 6 rings (SSSR count). The first-order valence-electron chi connectivity index (χ1n) is 11.3. The average molecular weight is 453 g/mol. The first kappa shape index (κ1) is 20.4. The van der Waals surface area contributed by atoms with Gasteiger partial charge in [-0.1, -0.05) is 24.3 Å². The van der Waals surface area contributed by atoms with Crippen LogP contribution in [0.25, 0.3) is 33.1 Å². The largest absolute Gasteiger partial charge is 0.497 e. The van der Waals surface area contributed by atoms with Gasteiger partial charge < -0.3 is 19.5 Å². The molecule has 34 heavy (non-hydrogen) atoms. The number of fused-ring (bicyclic) bond motifs is 2. The summed E-state index contributed by atoms with van der Waals surface area (Å²) in [5.41, 5.74) is 5.59. The van der Waals surface area contributed by atoms with E-state index in [4.69, 9.17) is 9.15 Å². The Morgan fingerprint density at radius 3 is 2.76 bits per heavy atom. The highest BCUT2D eigenvalue weighted by molar-refractivity contribution is 6.08. The monoisotopic (exact) mass is 453 g/mol. The van der Waals surface area contributed by atoms with Gasteiger partial charge >= 0.3 is 5.76 Å². The number of H-pyrrole nitrogens is 1. The van der Waals surface area contributed by atoms with Gasteiger partial charge in [0, 0.05) is 23.1 Å². The van der Waals surface area contributed by atoms with Crippen molar-refractivity contribution in [2.24, 2.45) is 0 Å². The first-order chi connectivity index (χ1) is 16.6. The van der Waals surface area contributed by atoms with Crippen molar-refractivity contribution in [1.29, 1.82) is 0 Å². The zero-order valence-electron chi connectivity index (χ0n) is 18.6. The SMILES string of the molecule is COc1cccc(Cn2c(=O)oc3cc(-c4ccc5[nH]cc(C(=O)NC6CC6)c5c4)ccc32)c1. The number of aromatic amines is 1. The van der Waals surface area contributed by atoms with Crippen LogP contribution in [0.3, 0.4) is 0 Å². The lowest BCUT2D eigenvalue weighted by Crippen LogP contribution is -2.25. The zero-order chi connectivity index (χ0) is 23.2. The summed E-state index contributed by atoms with van der Waals surface area (Å²) in [5.74, 6) is 0.281. The van der Waals surface area contributed by atoms with Gasteiger partial charge in [0.2, 0.25) is 0 Å². The van der Waals surface area contributed by atoms with Gasteiger partial charge in [-0.25, -0.2) is 4.79 Å². The van der Waals surface area contributed by atoms with Crippen LogP contribution in [0.1, 0.15) is 28.8 Å². The van der Waals surface area contributed by atoms with E-state index in [0.717, 1.165) is 51.7 Å². The summed E-state index contributed by atoms with van der Waals surface area (Å²) in [6.45, 7) is 0.386. The second-order valence-electron chi connectivity index (χ2n) is 8.70. The third-order valence-electron chi connectivity index (χ3n) is 6.32. The number of aromatic nitrogens is 2. The van der Waals surface area contributed by atoms with Gasteiger partial charge in [-0.05, 0) is 65.9 Å². The summed E-state index contributed by atoms with van der Waals surface area (Å²) in [4.78, 5) is 28.4. The molecule has 0 aliphatic heterocycles. The van der Waals surface area contributed by atoms with Crippen LogP contribution in [0.4, 0.5) is 0 Å². The second kappa shape index (κ2) is 7.95. The quantitative estimate of drug-likeness (QED) is 0.390. The predicted octanol–water partition coefficient (Wildman–Crippen LogP) is 4.69. The molecule has 3 aromatic carbocycles. The summed E-state index contributed by atoms with van der Waals surface area (Å²) in [6.07, 6.45) is 3.84.